The molecule has 1 atom stereocenters. The van der Waals surface area contributed by atoms with E-state index < -0.39 is 23.9 Å². The van der Waals surface area contributed by atoms with Gasteiger partial charge in [-0.15, -0.1) is 6.42 Å². The summed E-state index contributed by atoms with van der Waals surface area (Å²) in [5, 5.41) is 11.4. The van der Waals surface area contributed by atoms with E-state index >= 15 is 0 Å². The van der Waals surface area contributed by atoms with Gasteiger partial charge in [-0.25, -0.2) is 9.59 Å². The normalized spacial score (nSPS) is 14.9. The fraction of sp³-hybridized carbons (Fsp3) is 0.615. The zero-order chi connectivity index (χ0) is 15.1. The fourth-order valence-electron chi connectivity index (χ4n) is 1.73. The average molecular weight is 281 g/mol. The van der Waals surface area contributed by atoms with Crippen molar-refractivity contribution < 1.29 is 19.5 Å². The van der Waals surface area contributed by atoms with Gasteiger partial charge in [0.25, 0.3) is 0 Å². The number of nitrogens with one attached hydrogen (secondary N) is 1. The zero-order valence-corrected chi connectivity index (χ0v) is 11.2. The number of terminal acetylenes is 1. The number of urea groups is 1. The lowest BCUT2D eigenvalue weighted by Gasteiger charge is -2.23. The number of rotatable bonds is 8. The van der Waals surface area contributed by atoms with Gasteiger partial charge in [0.05, 0.1) is 6.54 Å². The van der Waals surface area contributed by atoms with Crippen molar-refractivity contribution in [2.75, 3.05) is 13.1 Å². The summed E-state index contributed by atoms with van der Waals surface area (Å²) in [6, 6.07) is -1.67. The molecule has 1 aliphatic carbocycles. The quantitative estimate of drug-likeness (QED) is 0.533. The first-order valence-electron chi connectivity index (χ1n) is 6.44. The summed E-state index contributed by atoms with van der Waals surface area (Å²) in [6.45, 7) is 0.655. The zero-order valence-electron chi connectivity index (χ0n) is 11.2. The molecule has 3 amide bonds. The minimum atomic E-state index is -1.20. The van der Waals surface area contributed by atoms with E-state index in [4.69, 9.17) is 17.3 Å². The number of aliphatic carboxylic acids is 1. The van der Waals surface area contributed by atoms with E-state index in [1.54, 1.807) is 0 Å². The van der Waals surface area contributed by atoms with Gasteiger partial charge in [0, 0.05) is 13.0 Å². The number of carboxylic acid groups (broad SMARTS) is 1. The van der Waals surface area contributed by atoms with Crippen LogP contribution < -0.4 is 11.1 Å². The maximum absolute atomic E-state index is 12.0. The van der Waals surface area contributed by atoms with Gasteiger partial charge in [-0.2, -0.15) is 0 Å². The molecular weight excluding hydrogens is 262 g/mol. The van der Waals surface area contributed by atoms with Crippen LogP contribution in [0, 0.1) is 18.3 Å². The van der Waals surface area contributed by atoms with Crippen LogP contribution in [0.3, 0.4) is 0 Å². The molecule has 20 heavy (non-hydrogen) atoms. The van der Waals surface area contributed by atoms with Crippen LogP contribution in [-0.4, -0.2) is 47.0 Å². The van der Waals surface area contributed by atoms with Gasteiger partial charge in [-0.3, -0.25) is 4.79 Å². The largest absolute Gasteiger partial charge is 0.480 e. The summed E-state index contributed by atoms with van der Waals surface area (Å²) in [5.41, 5.74) is 4.97. The summed E-state index contributed by atoms with van der Waals surface area (Å²) >= 11 is 0. The predicted octanol–water partition coefficient (Wildman–Crippen LogP) is -0.240. The smallest absolute Gasteiger partial charge is 0.326 e. The topological polar surface area (TPSA) is 113 Å². The third-order valence-corrected chi connectivity index (χ3v) is 3.02. The van der Waals surface area contributed by atoms with Crippen LogP contribution in [0.2, 0.25) is 0 Å². The van der Waals surface area contributed by atoms with Gasteiger partial charge in [0.2, 0.25) is 5.91 Å². The first kappa shape index (κ1) is 15.8. The highest BCUT2D eigenvalue weighted by Crippen LogP contribution is 2.29. The highest BCUT2D eigenvalue weighted by molar-refractivity contribution is 5.83. The Hall–Kier alpha value is -2.23. The number of primary amides is 1. The highest BCUT2D eigenvalue weighted by atomic mass is 16.4. The Balaban J connectivity index is 2.54. The highest BCUT2D eigenvalue weighted by Gasteiger charge is 2.28. The van der Waals surface area contributed by atoms with Crippen LogP contribution in [0.4, 0.5) is 4.79 Å². The van der Waals surface area contributed by atoms with Gasteiger partial charge >= 0.3 is 12.0 Å². The summed E-state index contributed by atoms with van der Waals surface area (Å²) in [7, 11) is 0. The molecule has 0 aliphatic heterocycles. The van der Waals surface area contributed by atoms with Crippen molar-refractivity contribution in [2.45, 2.75) is 31.7 Å². The molecule has 0 aromatic rings. The Morgan fingerprint density at radius 3 is 2.55 bits per heavy atom. The van der Waals surface area contributed by atoms with Crippen LogP contribution in [0.1, 0.15) is 25.7 Å². The van der Waals surface area contributed by atoms with Gasteiger partial charge in [0.1, 0.15) is 6.04 Å². The van der Waals surface area contributed by atoms with Gasteiger partial charge in [0.15, 0.2) is 0 Å². The van der Waals surface area contributed by atoms with Crippen molar-refractivity contribution in [1.29, 1.82) is 0 Å². The molecule has 7 nitrogen and oxygen atoms in total. The van der Waals surface area contributed by atoms with Crippen LogP contribution in [0.5, 0.6) is 0 Å². The Morgan fingerprint density at radius 1 is 1.45 bits per heavy atom. The third kappa shape index (κ3) is 5.61. The minimum Gasteiger partial charge on any atom is -0.480 e. The molecule has 0 heterocycles. The monoisotopic (exact) mass is 281 g/mol. The lowest BCUT2D eigenvalue weighted by molar-refractivity contribution is -0.139. The molecule has 110 valence electrons. The number of carboxylic acids is 1. The van der Waals surface area contributed by atoms with Gasteiger partial charge in [-0.05, 0) is 25.2 Å². The first-order chi connectivity index (χ1) is 9.43. The summed E-state index contributed by atoms with van der Waals surface area (Å²) in [5.74, 6) is 1.02. The molecule has 0 aromatic carbocycles. The maximum atomic E-state index is 12.0. The molecular formula is C13H19N3O4. The molecule has 0 unspecified atom stereocenters. The van der Waals surface area contributed by atoms with Crippen molar-refractivity contribution in [1.82, 2.24) is 10.2 Å². The number of hydrogen-bond donors (Lipinski definition) is 3. The Morgan fingerprint density at radius 2 is 2.10 bits per heavy atom. The lowest BCUT2D eigenvalue weighted by Crippen LogP contribution is -2.49. The molecule has 4 N–H and O–H groups in total. The van der Waals surface area contributed by atoms with E-state index in [1.807, 2.05) is 0 Å². The number of nitrogens with two attached hydrogens (primary N) is 1. The molecule has 0 bridgehead atoms. The van der Waals surface area contributed by atoms with Crippen molar-refractivity contribution >= 4 is 17.9 Å². The molecule has 1 saturated carbocycles. The summed E-state index contributed by atoms with van der Waals surface area (Å²) in [4.78, 5) is 35.1. The fourth-order valence-corrected chi connectivity index (χ4v) is 1.73. The van der Waals surface area contributed by atoms with Crippen molar-refractivity contribution in [2.24, 2.45) is 11.7 Å². The minimum absolute atomic E-state index is 0.0380. The molecule has 0 spiro atoms. The second-order valence-corrected chi connectivity index (χ2v) is 4.87. The predicted molar refractivity (Wildman–Crippen MR) is 71.5 cm³/mol. The summed E-state index contributed by atoms with van der Waals surface area (Å²) < 4.78 is 0. The molecule has 1 aliphatic rings. The molecule has 1 rings (SSSR count). The first-order valence-corrected chi connectivity index (χ1v) is 6.44. The van der Waals surface area contributed by atoms with Crippen LogP contribution in [-0.2, 0) is 9.59 Å². The molecule has 0 radical (unpaired) electrons. The van der Waals surface area contributed by atoms with E-state index in [9.17, 15) is 14.4 Å². The second-order valence-electron chi connectivity index (χ2n) is 4.87. The third-order valence-electron chi connectivity index (χ3n) is 3.02. The van der Waals surface area contributed by atoms with Crippen molar-refractivity contribution in [3.05, 3.63) is 0 Å². The SMILES string of the molecule is C#CCN(CC1CC1)C(=O)N[C@@H](CCC(N)=O)C(=O)O. The van der Waals surface area contributed by atoms with Gasteiger partial charge in [-0.1, -0.05) is 5.92 Å². The number of amides is 3. The molecule has 0 saturated heterocycles. The van der Waals surface area contributed by atoms with E-state index in [2.05, 4.69) is 11.2 Å². The standard InChI is InChI=1S/C13H19N3O4/c1-2-7-16(8-9-3-4-9)13(20)15-10(12(18)19)5-6-11(14)17/h1,9-10H,3-8H2,(H2,14,17)(H,15,20)(H,18,19)/t10-/m0/s1. The Kier molecular flexibility index (Phi) is 5.84. The van der Waals surface area contributed by atoms with E-state index in [0.29, 0.717) is 12.5 Å². The molecule has 0 aromatic heterocycles. The van der Waals surface area contributed by atoms with E-state index in [-0.39, 0.29) is 19.4 Å². The van der Waals surface area contributed by atoms with Crippen molar-refractivity contribution in [3.8, 4) is 12.3 Å². The van der Waals surface area contributed by atoms with Crippen LogP contribution in [0.15, 0.2) is 0 Å². The number of carbonyl (C=O) groups excluding carboxylic acids is 2. The summed E-state index contributed by atoms with van der Waals surface area (Å²) in [6.07, 6.45) is 7.17. The number of carbonyl (C=O) groups is 3. The Labute approximate surface area is 117 Å². The number of nitrogens with zero attached hydrogens (tertiary/aromatic N) is 1. The van der Waals surface area contributed by atoms with Crippen LogP contribution in [0.25, 0.3) is 0 Å². The van der Waals surface area contributed by atoms with E-state index in [0.717, 1.165) is 12.8 Å². The van der Waals surface area contributed by atoms with Crippen molar-refractivity contribution in [3.63, 3.8) is 0 Å². The lowest BCUT2D eigenvalue weighted by atomic mass is 10.1. The van der Waals surface area contributed by atoms with Gasteiger partial charge < -0.3 is 21.1 Å². The number of hydrogen-bond acceptors (Lipinski definition) is 3. The molecule has 7 heteroatoms. The molecule has 1 fully saturated rings. The van der Waals surface area contributed by atoms with E-state index in [1.165, 1.54) is 4.90 Å². The van der Waals surface area contributed by atoms with Crippen LogP contribution >= 0.6 is 0 Å². The average Bonchev–Trinajstić information content (AvgIpc) is 3.17. The second kappa shape index (κ2) is 7.38. The maximum Gasteiger partial charge on any atom is 0.326 e. The Bertz CT molecular complexity index is 426.